The Hall–Kier alpha value is -0.350. The van der Waals surface area contributed by atoms with Gasteiger partial charge < -0.3 is 4.90 Å². The van der Waals surface area contributed by atoms with Crippen molar-refractivity contribution in [3.05, 3.63) is 22.4 Å². The molecule has 0 bridgehead atoms. The Labute approximate surface area is 115 Å². The van der Waals surface area contributed by atoms with E-state index in [9.17, 15) is 4.79 Å². The average Bonchev–Trinajstić information content (AvgIpc) is 2.96. The van der Waals surface area contributed by atoms with Crippen LogP contribution in [0.5, 0.6) is 0 Å². The van der Waals surface area contributed by atoms with Crippen molar-refractivity contribution in [3.8, 4) is 0 Å². The first kappa shape index (κ1) is 13.1. The second-order valence-electron chi connectivity index (χ2n) is 4.89. The lowest BCUT2D eigenvalue weighted by molar-refractivity contribution is -0.132. The minimum atomic E-state index is -0.0539. The Morgan fingerprint density at radius 2 is 2.35 bits per heavy atom. The molecule has 1 aliphatic heterocycles. The molecule has 1 saturated heterocycles. The number of thiophene rings is 1. The first-order valence-electron chi connectivity index (χ1n) is 6.08. The summed E-state index contributed by atoms with van der Waals surface area (Å²) < 4.78 is 0. The summed E-state index contributed by atoms with van der Waals surface area (Å²) >= 11 is 5.23. The summed E-state index contributed by atoms with van der Waals surface area (Å²) in [4.78, 5) is 14.4. The van der Waals surface area contributed by atoms with Crippen molar-refractivity contribution in [2.75, 3.05) is 6.54 Å². The molecule has 17 heavy (non-hydrogen) atoms. The van der Waals surface area contributed by atoms with Crippen LogP contribution in [0.4, 0.5) is 0 Å². The average molecular weight is 316 g/mol. The minimum absolute atomic E-state index is 0.0539. The fourth-order valence-corrected chi connectivity index (χ4v) is 3.26. The van der Waals surface area contributed by atoms with Gasteiger partial charge in [0.05, 0.1) is 10.9 Å². The van der Waals surface area contributed by atoms with Crippen LogP contribution in [0.3, 0.4) is 0 Å². The van der Waals surface area contributed by atoms with Gasteiger partial charge in [-0.15, -0.1) is 0 Å². The summed E-state index contributed by atoms with van der Waals surface area (Å²) in [6, 6.07) is 2.44. The molecular weight excluding hydrogens is 298 g/mol. The maximum absolute atomic E-state index is 12.4. The SMILES string of the molecule is CC(C)C(Br)C(=O)N1CCCC1c1ccsc1. The van der Waals surface area contributed by atoms with Crippen LogP contribution in [0, 0.1) is 5.92 Å². The number of amides is 1. The smallest absolute Gasteiger partial charge is 0.237 e. The summed E-state index contributed by atoms with van der Waals surface area (Å²) in [7, 11) is 0. The molecule has 0 radical (unpaired) electrons. The van der Waals surface area contributed by atoms with Crippen LogP contribution in [-0.4, -0.2) is 22.2 Å². The van der Waals surface area contributed by atoms with Crippen LogP contribution in [0.25, 0.3) is 0 Å². The third kappa shape index (κ3) is 2.74. The highest BCUT2D eigenvalue weighted by Crippen LogP contribution is 2.34. The zero-order valence-electron chi connectivity index (χ0n) is 10.2. The van der Waals surface area contributed by atoms with E-state index in [-0.39, 0.29) is 10.7 Å². The van der Waals surface area contributed by atoms with Crippen LogP contribution >= 0.6 is 27.3 Å². The van der Waals surface area contributed by atoms with E-state index in [1.54, 1.807) is 11.3 Å². The third-order valence-corrected chi connectivity index (χ3v) is 5.44. The molecule has 2 nitrogen and oxygen atoms in total. The molecule has 2 rings (SSSR count). The Kier molecular flexibility index (Phi) is 4.26. The maximum Gasteiger partial charge on any atom is 0.237 e. The van der Waals surface area contributed by atoms with Crippen molar-refractivity contribution in [1.82, 2.24) is 4.90 Å². The number of hydrogen-bond donors (Lipinski definition) is 0. The summed E-state index contributed by atoms with van der Waals surface area (Å²) in [6.45, 7) is 5.05. The van der Waals surface area contributed by atoms with Crippen molar-refractivity contribution in [2.45, 2.75) is 37.6 Å². The second-order valence-corrected chi connectivity index (χ2v) is 6.66. The van der Waals surface area contributed by atoms with Crippen LogP contribution in [0.15, 0.2) is 16.8 Å². The molecule has 0 saturated carbocycles. The maximum atomic E-state index is 12.4. The van der Waals surface area contributed by atoms with Crippen molar-refractivity contribution < 1.29 is 4.79 Å². The lowest BCUT2D eigenvalue weighted by atomic mass is 10.1. The number of halogens is 1. The highest BCUT2D eigenvalue weighted by molar-refractivity contribution is 9.10. The van der Waals surface area contributed by atoms with Gasteiger partial charge in [0.25, 0.3) is 0 Å². The van der Waals surface area contributed by atoms with Gasteiger partial charge in [-0.1, -0.05) is 29.8 Å². The van der Waals surface area contributed by atoms with E-state index >= 15 is 0 Å². The lowest BCUT2D eigenvalue weighted by Gasteiger charge is -2.27. The topological polar surface area (TPSA) is 20.3 Å². The van der Waals surface area contributed by atoms with E-state index in [2.05, 4.69) is 46.6 Å². The number of hydrogen-bond acceptors (Lipinski definition) is 2. The summed E-state index contributed by atoms with van der Waals surface area (Å²) in [6.07, 6.45) is 2.21. The predicted octanol–water partition coefficient (Wildman–Crippen LogP) is 3.83. The van der Waals surface area contributed by atoms with Gasteiger partial charge in [0.1, 0.15) is 0 Å². The number of carbonyl (C=O) groups excluding carboxylic acids is 1. The van der Waals surface area contributed by atoms with Gasteiger partial charge in [0, 0.05) is 6.54 Å². The number of rotatable bonds is 3. The molecule has 1 fully saturated rings. The molecule has 2 heterocycles. The van der Waals surface area contributed by atoms with Gasteiger partial charge in [0.15, 0.2) is 0 Å². The Morgan fingerprint density at radius 1 is 1.59 bits per heavy atom. The monoisotopic (exact) mass is 315 g/mol. The van der Waals surface area contributed by atoms with E-state index in [1.165, 1.54) is 5.56 Å². The summed E-state index contributed by atoms with van der Waals surface area (Å²) in [5, 5.41) is 4.25. The van der Waals surface area contributed by atoms with Crippen molar-refractivity contribution in [3.63, 3.8) is 0 Å². The zero-order chi connectivity index (χ0) is 12.4. The first-order valence-corrected chi connectivity index (χ1v) is 7.93. The number of nitrogens with zero attached hydrogens (tertiary/aromatic N) is 1. The molecule has 0 aliphatic carbocycles. The minimum Gasteiger partial charge on any atom is -0.335 e. The highest BCUT2D eigenvalue weighted by Gasteiger charge is 2.34. The van der Waals surface area contributed by atoms with Gasteiger partial charge in [-0.05, 0) is 41.1 Å². The molecule has 2 unspecified atom stereocenters. The van der Waals surface area contributed by atoms with Crippen molar-refractivity contribution in [1.29, 1.82) is 0 Å². The van der Waals surface area contributed by atoms with E-state index in [0.717, 1.165) is 19.4 Å². The van der Waals surface area contributed by atoms with Crippen LogP contribution in [0.1, 0.15) is 38.3 Å². The third-order valence-electron chi connectivity index (χ3n) is 3.29. The number of likely N-dealkylation sites (tertiary alicyclic amines) is 1. The number of carbonyl (C=O) groups is 1. The molecule has 0 spiro atoms. The fourth-order valence-electron chi connectivity index (χ4n) is 2.29. The largest absolute Gasteiger partial charge is 0.335 e. The zero-order valence-corrected chi connectivity index (χ0v) is 12.6. The van der Waals surface area contributed by atoms with E-state index < -0.39 is 0 Å². The van der Waals surface area contributed by atoms with E-state index in [4.69, 9.17) is 0 Å². The van der Waals surface area contributed by atoms with Gasteiger partial charge in [-0.2, -0.15) is 11.3 Å². The molecule has 0 N–H and O–H groups in total. The Morgan fingerprint density at radius 3 is 2.94 bits per heavy atom. The predicted molar refractivity (Wildman–Crippen MR) is 75.6 cm³/mol. The first-order chi connectivity index (χ1) is 8.11. The molecule has 1 amide bonds. The molecule has 94 valence electrons. The van der Waals surface area contributed by atoms with Crippen LogP contribution in [0.2, 0.25) is 0 Å². The lowest BCUT2D eigenvalue weighted by Crippen LogP contribution is -2.38. The van der Waals surface area contributed by atoms with E-state index in [0.29, 0.717) is 12.0 Å². The fraction of sp³-hybridized carbons (Fsp3) is 0.615. The molecule has 1 aliphatic rings. The van der Waals surface area contributed by atoms with Gasteiger partial charge >= 0.3 is 0 Å². The van der Waals surface area contributed by atoms with Crippen molar-refractivity contribution in [2.24, 2.45) is 5.92 Å². The normalized spacial score (nSPS) is 22.1. The quantitative estimate of drug-likeness (QED) is 0.776. The number of alkyl halides is 1. The standard InChI is InChI=1S/C13H18BrNOS/c1-9(2)12(14)13(16)15-6-3-4-11(15)10-5-7-17-8-10/h5,7-9,11-12H,3-4,6H2,1-2H3. The molecule has 2 atom stereocenters. The molecule has 1 aromatic heterocycles. The summed E-state index contributed by atoms with van der Waals surface area (Å²) in [5.41, 5.74) is 1.30. The van der Waals surface area contributed by atoms with Gasteiger partial charge in [-0.3, -0.25) is 4.79 Å². The Bertz CT molecular complexity index is 377. The van der Waals surface area contributed by atoms with Gasteiger partial charge in [-0.25, -0.2) is 0 Å². The molecule has 4 heteroatoms. The molecule has 1 aromatic rings. The van der Waals surface area contributed by atoms with E-state index in [1.807, 2.05) is 4.90 Å². The van der Waals surface area contributed by atoms with Gasteiger partial charge in [0.2, 0.25) is 5.91 Å². The van der Waals surface area contributed by atoms with Crippen LogP contribution < -0.4 is 0 Å². The summed E-state index contributed by atoms with van der Waals surface area (Å²) in [5.74, 6) is 0.583. The second kappa shape index (κ2) is 5.53. The molecular formula is C13H18BrNOS. The molecule has 0 aromatic carbocycles. The highest BCUT2D eigenvalue weighted by atomic mass is 79.9. The van der Waals surface area contributed by atoms with Crippen LogP contribution in [-0.2, 0) is 4.79 Å². The Balaban J connectivity index is 2.12. The van der Waals surface area contributed by atoms with Crippen molar-refractivity contribution >= 4 is 33.2 Å².